The topological polar surface area (TPSA) is 9.23 Å². The molecule has 0 saturated heterocycles. The molecule has 5 atom stereocenters. The number of rotatable bonds is 1. The van der Waals surface area contributed by atoms with Gasteiger partial charge >= 0.3 is 0 Å². The fraction of sp³-hybridized carbons (Fsp3) is 0.684. The van der Waals surface area contributed by atoms with Gasteiger partial charge in [-0.3, -0.25) is 0 Å². The number of allylic oxidation sites excluding steroid dienone is 6. The molecule has 0 radical (unpaired) electrons. The van der Waals surface area contributed by atoms with Crippen molar-refractivity contribution < 1.29 is 4.74 Å². The Hall–Kier alpha value is -0.820. The Labute approximate surface area is 122 Å². The lowest BCUT2D eigenvalue weighted by Gasteiger charge is -2.49. The number of ether oxygens (including phenoxy) is 1. The highest BCUT2D eigenvalue weighted by atomic mass is 16.5. The van der Waals surface area contributed by atoms with E-state index in [-0.39, 0.29) is 0 Å². The van der Waals surface area contributed by atoms with E-state index in [4.69, 9.17) is 4.74 Å². The van der Waals surface area contributed by atoms with Gasteiger partial charge in [0.25, 0.3) is 0 Å². The van der Waals surface area contributed by atoms with Gasteiger partial charge in [0, 0.05) is 12.5 Å². The van der Waals surface area contributed by atoms with Crippen LogP contribution >= 0.6 is 0 Å². The van der Waals surface area contributed by atoms with Crippen molar-refractivity contribution in [1.29, 1.82) is 0 Å². The van der Waals surface area contributed by atoms with Crippen molar-refractivity contribution in [3.05, 3.63) is 35.5 Å². The molecule has 0 aromatic rings. The van der Waals surface area contributed by atoms with E-state index >= 15 is 0 Å². The zero-order chi connectivity index (χ0) is 13.7. The summed E-state index contributed by atoms with van der Waals surface area (Å²) >= 11 is 0. The average Bonchev–Trinajstić information content (AvgIpc) is 2.88. The summed E-state index contributed by atoms with van der Waals surface area (Å²) in [6.07, 6.45) is 18.2. The first-order chi connectivity index (χ1) is 9.71. The lowest BCUT2D eigenvalue weighted by molar-refractivity contribution is 0.0114. The number of fused-ring (bicyclic) bond motifs is 5. The van der Waals surface area contributed by atoms with E-state index in [1.54, 1.807) is 11.1 Å². The quantitative estimate of drug-likeness (QED) is 0.673. The molecule has 20 heavy (non-hydrogen) atoms. The van der Waals surface area contributed by atoms with Crippen LogP contribution in [0.5, 0.6) is 0 Å². The largest absolute Gasteiger partial charge is 0.381 e. The second-order valence-electron chi connectivity index (χ2n) is 7.49. The van der Waals surface area contributed by atoms with Crippen LogP contribution in [0.1, 0.15) is 45.4 Å². The van der Waals surface area contributed by atoms with Gasteiger partial charge in [-0.1, -0.05) is 31.2 Å². The second-order valence-corrected chi connectivity index (χ2v) is 7.49. The van der Waals surface area contributed by atoms with Gasteiger partial charge in [-0.15, -0.1) is 0 Å². The molecule has 2 unspecified atom stereocenters. The molecule has 4 aliphatic carbocycles. The Bertz CT molecular complexity index is 498. The van der Waals surface area contributed by atoms with Crippen LogP contribution in [-0.2, 0) is 4.74 Å². The van der Waals surface area contributed by atoms with E-state index in [9.17, 15) is 0 Å². The van der Waals surface area contributed by atoms with Crippen LogP contribution in [0, 0.1) is 23.2 Å². The van der Waals surface area contributed by atoms with E-state index < -0.39 is 0 Å². The van der Waals surface area contributed by atoms with Crippen molar-refractivity contribution in [2.24, 2.45) is 23.2 Å². The molecule has 1 nitrogen and oxygen atoms in total. The van der Waals surface area contributed by atoms with E-state index in [0.717, 1.165) is 17.8 Å². The molecule has 2 saturated carbocycles. The van der Waals surface area contributed by atoms with Crippen molar-refractivity contribution in [2.45, 2.75) is 51.6 Å². The Balaban J connectivity index is 1.63. The molecule has 0 heterocycles. The fourth-order valence-electron chi connectivity index (χ4n) is 5.33. The summed E-state index contributed by atoms with van der Waals surface area (Å²) in [4.78, 5) is 0. The number of hydrogen-bond donors (Lipinski definition) is 0. The van der Waals surface area contributed by atoms with Gasteiger partial charge in [-0.25, -0.2) is 0 Å². The van der Waals surface area contributed by atoms with Crippen LogP contribution in [-0.4, -0.2) is 13.2 Å². The first-order valence-corrected chi connectivity index (χ1v) is 8.34. The van der Waals surface area contributed by atoms with Gasteiger partial charge in [0.1, 0.15) is 0 Å². The van der Waals surface area contributed by atoms with Gasteiger partial charge in [0.05, 0.1) is 6.10 Å². The molecule has 0 aromatic carbocycles. The summed E-state index contributed by atoms with van der Waals surface area (Å²) in [5.74, 6) is 2.64. The van der Waals surface area contributed by atoms with Crippen molar-refractivity contribution in [3.8, 4) is 0 Å². The highest BCUT2D eigenvalue weighted by Crippen LogP contribution is 2.56. The van der Waals surface area contributed by atoms with Gasteiger partial charge < -0.3 is 4.74 Å². The maximum Gasteiger partial charge on any atom is 0.0574 e. The third-order valence-electron chi connectivity index (χ3n) is 6.51. The molecule has 0 spiro atoms. The van der Waals surface area contributed by atoms with Crippen LogP contribution in [0.2, 0.25) is 0 Å². The predicted octanol–water partition coefficient (Wildman–Crippen LogP) is 4.66. The lowest BCUT2D eigenvalue weighted by Crippen LogP contribution is -2.40. The van der Waals surface area contributed by atoms with Crippen molar-refractivity contribution in [1.82, 2.24) is 0 Å². The molecule has 2 fully saturated rings. The maximum atomic E-state index is 5.62. The summed E-state index contributed by atoms with van der Waals surface area (Å²) in [5, 5.41) is 0. The fourth-order valence-corrected chi connectivity index (χ4v) is 5.33. The van der Waals surface area contributed by atoms with Crippen LogP contribution in [0.3, 0.4) is 0 Å². The minimum absolute atomic E-state index is 0.346. The van der Waals surface area contributed by atoms with Crippen LogP contribution < -0.4 is 0 Å². The van der Waals surface area contributed by atoms with Crippen molar-refractivity contribution in [2.75, 3.05) is 7.11 Å². The molecule has 0 N–H and O–H groups in total. The highest BCUT2D eigenvalue weighted by Gasteiger charge is 2.46. The predicted molar refractivity (Wildman–Crippen MR) is 82.4 cm³/mol. The summed E-state index contributed by atoms with van der Waals surface area (Å²) in [6.45, 7) is 2.42. The second kappa shape index (κ2) is 4.59. The van der Waals surface area contributed by atoms with Crippen molar-refractivity contribution in [3.63, 3.8) is 0 Å². The monoisotopic (exact) mass is 270 g/mol. The van der Waals surface area contributed by atoms with Gasteiger partial charge in [0.15, 0.2) is 0 Å². The highest BCUT2D eigenvalue weighted by molar-refractivity contribution is 5.50. The van der Waals surface area contributed by atoms with Gasteiger partial charge in [0.2, 0.25) is 0 Å². The van der Waals surface area contributed by atoms with E-state index in [0.29, 0.717) is 11.5 Å². The SMILES string of the molecule is COC1CC[C@H]2C(CC=C3C4=CC=C[C@@]4(C)CC[C@@H]32)C1. The standard InChI is InChI=1S/C19H26O/c1-19-10-3-4-18(19)17-7-5-13-12-14(20-2)6-8-15(13)16(17)9-11-19/h3-4,7,10,13-16H,5-6,8-9,11-12H2,1-2H3/t13?,14?,15-,16+,19-/m0/s1. The Kier molecular flexibility index (Phi) is 2.96. The molecule has 0 amide bonds. The van der Waals surface area contributed by atoms with Gasteiger partial charge in [-0.05, 0) is 67.4 Å². The van der Waals surface area contributed by atoms with Crippen LogP contribution in [0.15, 0.2) is 35.5 Å². The van der Waals surface area contributed by atoms with E-state index in [1.807, 2.05) is 7.11 Å². The molecule has 4 rings (SSSR count). The van der Waals surface area contributed by atoms with Crippen LogP contribution in [0.25, 0.3) is 0 Å². The normalized spacial score (nSPS) is 46.1. The minimum atomic E-state index is 0.346. The van der Waals surface area contributed by atoms with Crippen LogP contribution in [0.4, 0.5) is 0 Å². The zero-order valence-corrected chi connectivity index (χ0v) is 12.8. The molecular formula is C19H26O. The van der Waals surface area contributed by atoms with E-state index in [1.165, 1.54) is 38.5 Å². The summed E-state index contributed by atoms with van der Waals surface area (Å²) in [7, 11) is 1.89. The lowest BCUT2D eigenvalue weighted by atomic mass is 9.56. The zero-order valence-electron chi connectivity index (χ0n) is 12.8. The molecule has 0 bridgehead atoms. The summed E-state index contributed by atoms with van der Waals surface area (Å²) in [6, 6.07) is 0. The van der Waals surface area contributed by atoms with Gasteiger partial charge in [-0.2, -0.15) is 0 Å². The molecule has 0 aromatic heterocycles. The van der Waals surface area contributed by atoms with E-state index in [2.05, 4.69) is 31.2 Å². The molecule has 1 heteroatoms. The first-order valence-electron chi connectivity index (χ1n) is 8.34. The first kappa shape index (κ1) is 12.9. The molecule has 4 aliphatic rings. The molecule has 108 valence electrons. The third-order valence-corrected chi connectivity index (χ3v) is 6.51. The number of hydrogen-bond acceptors (Lipinski definition) is 1. The summed E-state index contributed by atoms with van der Waals surface area (Å²) < 4.78 is 5.62. The van der Waals surface area contributed by atoms with Crippen molar-refractivity contribution >= 4 is 0 Å². The Morgan fingerprint density at radius 2 is 2.15 bits per heavy atom. The summed E-state index contributed by atoms with van der Waals surface area (Å²) in [5.41, 5.74) is 3.70. The number of methoxy groups -OCH3 is 1. The Morgan fingerprint density at radius 1 is 1.25 bits per heavy atom. The smallest absolute Gasteiger partial charge is 0.0574 e. The maximum absolute atomic E-state index is 5.62. The third kappa shape index (κ3) is 1.79. The molecule has 0 aliphatic heterocycles. The average molecular weight is 270 g/mol. The minimum Gasteiger partial charge on any atom is -0.381 e. The molecular weight excluding hydrogens is 244 g/mol. The Morgan fingerprint density at radius 3 is 3.00 bits per heavy atom.